The van der Waals surface area contributed by atoms with E-state index in [9.17, 15) is 14.4 Å². The Balaban J connectivity index is 1.65. The second kappa shape index (κ2) is 10.7. The number of amides is 2. The van der Waals surface area contributed by atoms with Gasteiger partial charge in [0.05, 0.1) is 0 Å². The number of ether oxygens (including phenoxy) is 1. The normalized spacial score (nSPS) is 14.5. The number of carbonyl (C=O) groups excluding carboxylic acids is 3. The van der Waals surface area contributed by atoms with Gasteiger partial charge >= 0.3 is 5.97 Å². The summed E-state index contributed by atoms with van der Waals surface area (Å²) in [5.41, 5.74) is 2.34. The highest BCUT2D eigenvalue weighted by Crippen LogP contribution is 2.28. The van der Waals surface area contributed by atoms with Crippen LogP contribution in [0.15, 0.2) is 48.5 Å². The third kappa shape index (κ3) is 5.80. The monoisotopic (exact) mass is 460 g/mol. The average Bonchev–Trinajstić information content (AvgIpc) is 3.20. The van der Waals surface area contributed by atoms with Gasteiger partial charge in [-0.2, -0.15) is 11.8 Å². The third-order valence-corrected chi connectivity index (χ3v) is 6.00. The van der Waals surface area contributed by atoms with Crippen LogP contribution in [-0.2, 0) is 20.7 Å². The minimum atomic E-state index is -0.956. The van der Waals surface area contributed by atoms with E-state index in [1.807, 2.05) is 30.5 Å². The van der Waals surface area contributed by atoms with Crippen LogP contribution >= 0.6 is 23.4 Å². The van der Waals surface area contributed by atoms with Gasteiger partial charge < -0.3 is 15.0 Å². The van der Waals surface area contributed by atoms with E-state index in [2.05, 4.69) is 5.32 Å². The first-order valence-corrected chi connectivity index (χ1v) is 11.8. The first-order valence-electron chi connectivity index (χ1n) is 10.1. The number of benzene rings is 2. The number of para-hydroxylation sites is 1. The number of rotatable bonds is 8. The summed E-state index contributed by atoms with van der Waals surface area (Å²) < 4.78 is 5.48. The van der Waals surface area contributed by atoms with Crippen molar-refractivity contribution in [1.29, 1.82) is 0 Å². The van der Waals surface area contributed by atoms with Gasteiger partial charge in [-0.25, -0.2) is 4.79 Å². The number of fused-ring (bicyclic) bond motifs is 1. The van der Waals surface area contributed by atoms with E-state index < -0.39 is 24.0 Å². The Morgan fingerprint density at radius 3 is 2.58 bits per heavy atom. The molecule has 1 aliphatic rings. The molecule has 0 bridgehead atoms. The van der Waals surface area contributed by atoms with Gasteiger partial charge in [0.1, 0.15) is 6.04 Å². The molecule has 0 fully saturated rings. The fraction of sp³-hybridized carbons (Fsp3) is 0.348. The first-order chi connectivity index (χ1) is 14.9. The minimum absolute atomic E-state index is 0.272. The van der Waals surface area contributed by atoms with Crippen LogP contribution in [0.1, 0.15) is 29.3 Å². The number of thioether (sulfide) groups is 1. The fourth-order valence-electron chi connectivity index (χ4n) is 3.42. The predicted molar refractivity (Wildman–Crippen MR) is 124 cm³/mol. The lowest BCUT2D eigenvalue weighted by atomic mass is 10.1. The molecule has 2 amide bonds. The van der Waals surface area contributed by atoms with Crippen LogP contribution in [0.2, 0.25) is 5.02 Å². The molecule has 3 rings (SSSR count). The Kier molecular flexibility index (Phi) is 7.98. The van der Waals surface area contributed by atoms with E-state index in [1.54, 1.807) is 47.9 Å². The Hall–Kier alpha value is -2.51. The van der Waals surface area contributed by atoms with Crippen molar-refractivity contribution in [2.24, 2.45) is 0 Å². The summed E-state index contributed by atoms with van der Waals surface area (Å²) >= 11 is 7.43. The summed E-state index contributed by atoms with van der Waals surface area (Å²) in [5, 5.41) is 3.24. The van der Waals surface area contributed by atoms with Crippen molar-refractivity contribution in [2.75, 3.05) is 23.5 Å². The molecule has 0 saturated carbocycles. The topological polar surface area (TPSA) is 75.7 Å². The van der Waals surface area contributed by atoms with Crippen molar-refractivity contribution in [3.05, 3.63) is 64.7 Å². The van der Waals surface area contributed by atoms with Crippen molar-refractivity contribution in [1.82, 2.24) is 5.32 Å². The van der Waals surface area contributed by atoms with Crippen LogP contribution in [0.3, 0.4) is 0 Å². The molecule has 0 radical (unpaired) electrons. The molecule has 2 atom stereocenters. The van der Waals surface area contributed by atoms with Crippen molar-refractivity contribution >= 4 is 46.8 Å². The van der Waals surface area contributed by atoms with Gasteiger partial charge in [-0.1, -0.05) is 29.8 Å². The van der Waals surface area contributed by atoms with Gasteiger partial charge in [0.2, 0.25) is 0 Å². The summed E-state index contributed by atoms with van der Waals surface area (Å²) in [5.74, 6) is -0.634. The summed E-state index contributed by atoms with van der Waals surface area (Å²) in [6, 6.07) is 13.3. The molecule has 0 aliphatic carbocycles. The van der Waals surface area contributed by atoms with E-state index in [4.69, 9.17) is 16.3 Å². The third-order valence-electron chi connectivity index (χ3n) is 5.10. The molecule has 2 aromatic rings. The van der Waals surface area contributed by atoms with Crippen LogP contribution in [0.5, 0.6) is 0 Å². The lowest BCUT2D eigenvalue weighted by molar-refractivity contribution is -0.155. The molecule has 2 aromatic carbocycles. The Bertz CT molecular complexity index is 951. The number of hydrogen-bond donors (Lipinski definition) is 1. The standard InChI is InChI=1S/C23H25ClN2O4S/c1-15(22(28)26-13-11-16-5-3-4-6-20(16)26)30-23(29)19(12-14-31-2)25-21(27)17-7-9-18(24)10-8-17/h3-10,15,19H,11-14H2,1-2H3,(H,25,27)/t15-,19+/m0/s1. The number of carbonyl (C=O) groups is 3. The molecule has 1 N–H and O–H groups in total. The number of anilines is 1. The fourth-order valence-corrected chi connectivity index (χ4v) is 4.02. The zero-order chi connectivity index (χ0) is 22.4. The van der Waals surface area contributed by atoms with Crippen LogP contribution in [0.4, 0.5) is 5.69 Å². The van der Waals surface area contributed by atoms with Crippen LogP contribution in [0.25, 0.3) is 0 Å². The maximum atomic E-state index is 12.9. The van der Waals surface area contributed by atoms with Crippen molar-refractivity contribution in [2.45, 2.75) is 31.9 Å². The first kappa shape index (κ1) is 23.2. The molecule has 31 heavy (non-hydrogen) atoms. The van der Waals surface area contributed by atoms with E-state index in [1.165, 1.54) is 0 Å². The summed E-state index contributed by atoms with van der Waals surface area (Å²) in [7, 11) is 0. The van der Waals surface area contributed by atoms with Crippen molar-refractivity contribution in [3.8, 4) is 0 Å². The Morgan fingerprint density at radius 1 is 1.16 bits per heavy atom. The van der Waals surface area contributed by atoms with Gasteiger partial charge in [-0.3, -0.25) is 9.59 Å². The number of halogens is 1. The Morgan fingerprint density at radius 2 is 1.87 bits per heavy atom. The predicted octanol–water partition coefficient (Wildman–Crippen LogP) is 3.71. The van der Waals surface area contributed by atoms with E-state index in [-0.39, 0.29) is 5.91 Å². The van der Waals surface area contributed by atoms with E-state index in [0.717, 1.165) is 17.7 Å². The molecule has 6 nitrogen and oxygen atoms in total. The zero-order valence-corrected chi connectivity index (χ0v) is 19.0. The molecular formula is C23H25ClN2O4S. The summed E-state index contributed by atoms with van der Waals surface area (Å²) in [6.07, 6.45) is 2.13. The second-order valence-corrected chi connectivity index (χ2v) is 8.68. The largest absolute Gasteiger partial charge is 0.451 e. The molecular weight excluding hydrogens is 436 g/mol. The SMILES string of the molecule is CSCC[C@@H](NC(=O)c1ccc(Cl)cc1)C(=O)O[C@@H](C)C(=O)N1CCc2ccccc21. The highest BCUT2D eigenvalue weighted by molar-refractivity contribution is 7.98. The number of hydrogen-bond acceptors (Lipinski definition) is 5. The zero-order valence-electron chi connectivity index (χ0n) is 17.5. The van der Waals surface area contributed by atoms with Gasteiger partial charge in [0, 0.05) is 22.8 Å². The highest BCUT2D eigenvalue weighted by Gasteiger charge is 2.32. The second-order valence-electron chi connectivity index (χ2n) is 7.26. The number of nitrogens with one attached hydrogen (secondary N) is 1. The molecule has 0 saturated heterocycles. The molecule has 1 aliphatic heterocycles. The molecule has 0 aromatic heterocycles. The number of nitrogens with zero attached hydrogens (tertiary/aromatic N) is 1. The molecule has 1 heterocycles. The van der Waals surface area contributed by atoms with Crippen molar-refractivity contribution in [3.63, 3.8) is 0 Å². The maximum Gasteiger partial charge on any atom is 0.329 e. The smallest absolute Gasteiger partial charge is 0.329 e. The number of esters is 1. The van der Waals surface area contributed by atoms with Gasteiger partial charge in [0.25, 0.3) is 11.8 Å². The summed E-state index contributed by atoms with van der Waals surface area (Å²) in [6.45, 7) is 2.12. The van der Waals surface area contributed by atoms with Crippen LogP contribution < -0.4 is 10.2 Å². The maximum absolute atomic E-state index is 12.9. The highest BCUT2D eigenvalue weighted by atomic mass is 35.5. The quantitative estimate of drug-likeness (QED) is 0.608. The van der Waals surface area contributed by atoms with E-state index in [0.29, 0.717) is 29.3 Å². The van der Waals surface area contributed by atoms with Gasteiger partial charge in [-0.05, 0) is 67.7 Å². The van der Waals surface area contributed by atoms with Gasteiger partial charge in [-0.15, -0.1) is 0 Å². The Labute approximate surface area is 191 Å². The van der Waals surface area contributed by atoms with Gasteiger partial charge in [0.15, 0.2) is 6.10 Å². The molecule has 8 heteroatoms. The lowest BCUT2D eigenvalue weighted by Crippen LogP contribution is -2.46. The summed E-state index contributed by atoms with van der Waals surface area (Å²) in [4.78, 5) is 39.9. The van der Waals surface area contributed by atoms with Crippen LogP contribution in [0, 0.1) is 0 Å². The molecule has 0 spiro atoms. The van der Waals surface area contributed by atoms with E-state index >= 15 is 0 Å². The lowest BCUT2D eigenvalue weighted by Gasteiger charge is -2.24. The molecule has 164 valence electrons. The average molecular weight is 461 g/mol. The van der Waals surface area contributed by atoms with Crippen molar-refractivity contribution < 1.29 is 19.1 Å². The minimum Gasteiger partial charge on any atom is -0.451 e. The van der Waals surface area contributed by atoms with Crippen LogP contribution in [-0.4, -0.2) is 48.5 Å². The molecule has 0 unspecified atom stereocenters.